The molecule has 0 aliphatic carbocycles. The summed E-state index contributed by atoms with van der Waals surface area (Å²) in [7, 11) is 1.57. The Morgan fingerprint density at radius 1 is 1.03 bits per heavy atom. The van der Waals surface area contributed by atoms with Gasteiger partial charge in [-0.1, -0.05) is 11.3 Å². The SMILES string of the molecule is COc1ccc2nc(N3CCC(C(=O)Nc4cc(C(F)(F)F)cc(C(F)(F)F)c4)CC3)sc2c1. The number of amides is 1. The molecular weight excluding hydrogens is 484 g/mol. The predicted molar refractivity (Wildman–Crippen MR) is 116 cm³/mol. The van der Waals surface area contributed by atoms with Crippen molar-refractivity contribution in [3.05, 3.63) is 47.5 Å². The van der Waals surface area contributed by atoms with Gasteiger partial charge in [0.05, 0.1) is 28.5 Å². The molecule has 34 heavy (non-hydrogen) atoms. The molecular formula is C22H19F6N3O2S. The Balaban J connectivity index is 1.44. The monoisotopic (exact) mass is 503 g/mol. The summed E-state index contributed by atoms with van der Waals surface area (Å²) < 4.78 is 84.5. The second-order valence-corrected chi connectivity index (χ2v) is 8.88. The lowest BCUT2D eigenvalue weighted by Crippen LogP contribution is -2.38. The normalized spacial score (nSPS) is 15.6. The summed E-state index contributed by atoms with van der Waals surface area (Å²) in [5.74, 6) is -0.447. The number of carbonyl (C=O) groups is 1. The van der Waals surface area contributed by atoms with E-state index in [-0.39, 0.29) is 6.07 Å². The van der Waals surface area contributed by atoms with Crippen LogP contribution < -0.4 is 15.0 Å². The quantitative estimate of drug-likeness (QED) is 0.431. The van der Waals surface area contributed by atoms with E-state index in [1.54, 1.807) is 13.2 Å². The Labute approximate surface area is 194 Å². The summed E-state index contributed by atoms with van der Waals surface area (Å²) in [6, 6.07) is 6.58. The average Bonchev–Trinajstić information content (AvgIpc) is 3.21. The molecule has 1 aromatic heterocycles. The number of halogens is 6. The van der Waals surface area contributed by atoms with Crippen LogP contribution in [-0.2, 0) is 17.1 Å². The molecule has 0 atom stereocenters. The molecule has 0 radical (unpaired) electrons. The summed E-state index contributed by atoms with van der Waals surface area (Å²) >= 11 is 1.47. The third kappa shape index (κ3) is 5.21. The van der Waals surface area contributed by atoms with E-state index < -0.39 is 41.0 Å². The Hall–Kier alpha value is -3.02. The molecule has 0 bridgehead atoms. The first-order chi connectivity index (χ1) is 15.9. The second-order valence-electron chi connectivity index (χ2n) is 7.88. The lowest BCUT2D eigenvalue weighted by Gasteiger charge is -2.31. The molecule has 1 amide bonds. The van der Waals surface area contributed by atoms with E-state index >= 15 is 0 Å². The first-order valence-electron chi connectivity index (χ1n) is 10.2. The highest BCUT2D eigenvalue weighted by Crippen LogP contribution is 2.38. The van der Waals surface area contributed by atoms with E-state index in [1.807, 2.05) is 17.0 Å². The number of rotatable bonds is 4. The largest absolute Gasteiger partial charge is 0.497 e. The zero-order valence-electron chi connectivity index (χ0n) is 17.8. The van der Waals surface area contributed by atoms with Crippen molar-refractivity contribution >= 4 is 38.3 Å². The standard InChI is InChI=1S/C22H19F6N3O2S/c1-33-16-2-3-17-18(11-16)34-20(30-17)31-6-4-12(5-7-31)19(32)29-15-9-13(21(23,24)25)8-14(10-15)22(26,27)28/h2-3,8-12H,4-7H2,1H3,(H,29,32). The smallest absolute Gasteiger partial charge is 0.416 e. The first kappa shape index (κ1) is 24.1. The van der Waals surface area contributed by atoms with Crippen LogP contribution in [0, 0.1) is 5.92 Å². The van der Waals surface area contributed by atoms with E-state index in [9.17, 15) is 31.1 Å². The molecule has 3 aromatic rings. The number of piperidine rings is 1. The van der Waals surface area contributed by atoms with Gasteiger partial charge in [0, 0.05) is 24.7 Å². The summed E-state index contributed by atoms with van der Waals surface area (Å²) in [5, 5.41) is 3.01. The molecule has 0 saturated carbocycles. The number of anilines is 2. The number of nitrogens with zero attached hydrogens (tertiary/aromatic N) is 2. The van der Waals surface area contributed by atoms with Gasteiger partial charge >= 0.3 is 12.4 Å². The average molecular weight is 503 g/mol. The summed E-state index contributed by atoms with van der Waals surface area (Å²) in [5.41, 5.74) is -2.67. The number of benzene rings is 2. The molecule has 1 fully saturated rings. The van der Waals surface area contributed by atoms with E-state index in [0.29, 0.717) is 43.8 Å². The fraction of sp³-hybridized carbons (Fsp3) is 0.364. The van der Waals surface area contributed by atoms with Crippen molar-refractivity contribution in [1.29, 1.82) is 0 Å². The van der Waals surface area contributed by atoms with Gasteiger partial charge in [-0.3, -0.25) is 4.79 Å². The van der Waals surface area contributed by atoms with E-state index in [1.165, 1.54) is 11.3 Å². The maximum atomic E-state index is 13.1. The van der Waals surface area contributed by atoms with Crippen LogP contribution in [0.15, 0.2) is 36.4 Å². The number of methoxy groups -OCH3 is 1. The number of aromatic nitrogens is 1. The van der Waals surface area contributed by atoms with Gasteiger partial charge in [0.25, 0.3) is 0 Å². The van der Waals surface area contributed by atoms with Crippen LogP contribution in [0.3, 0.4) is 0 Å². The van der Waals surface area contributed by atoms with Gasteiger partial charge in [-0.25, -0.2) is 4.98 Å². The highest BCUT2D eigenvalue weighted by Gasteiger charge is 2.37. The summed E-state index contributed by atoms with van der Waals surface area (Å²) in [4.78, 5) is 19.2. The highest BCUT2D eigenvalue weighted by atomic mass is 32.1. The topological polar surface area (TPSA) is 54.5 Å². The number of hydrogen-bond donors (Lipinski definition) is 1. The predicted octanol–water partition coefficient (Wildman–Crippen LogP) is 6.20. The molecule has 2 aromatic carbocycles. The number of nitrogens with one attached hydrogen (secondary N) is 1. The van der Waals surface area contributed by atoms with E-state index in [0.717, 1.165) is 15.3 Å². The van der Waals surface area contributed by atoms with Gasteiger partial charge in [-0.05, 0) is 49.2 Å². The molecule has 5 nitrogen and oxygen atoms in total. The van der Waals surface area contributed by atoms with Gasteiger partial charge in [0.2, 0.25) is 5.91 Å². The van der Waals surface area contributed by atoms with Crippen LogP contribution in [0.25, 0.3) is 10.2 Å². The number of hydrogen-bond acceptors (Lipinski definition) is 5. The molecule has 1 saturated heterocycles. The molecule has 0 unspecified atom stereocenters. The Morgan fingerprint density at radius 3 is 2.21 bits per heavy atom. The van der Waals surface area contributed by atoms with Crippen LogP contribution in [0.5, 0.6) is 5.75 Å². The fourth-order valence-electron chi connectivity index (χ4n) is 3.76. The van der Waals surface area contributed by atoms with Crippen molar-refractivity contribution in [2.45, 2.75) is 25.2 Å². The van der Waals surface area contributed by atoms with Crippen molar-refractivity contribution in [1.82, 2.24) is 4.98 Å². The minimum Gasteiger partial charge on any atom is -0.497 e. The highest BCUT2D eigenvalue weighted by molar-refractivity contribution is 7.22. The maximum Gasteiger partial charge on any atom is 0.416 e. The van der Waals surface area contributed by atoms with Crippen LogP contribution in [-0.4, -0.2) is 31.1 Å². The molecule has 1 aliphatic heterocycles. The molecule has 0 spiro atoms. The third-order valence-electron chi connectivity index (χ3n) is 5.58. The van der Waals surface area contributed by atoms with Crippen molar-refractivity contribution in [3.8, 4) is 5.75 Å². The van der Waals surface area contributed by atoms with Gasteiger partial charge in [0.15, 0.2) is 5.13 Å². The summed E-state index contributed by atoms with van der Waals surface area (Å²) in [6.07, 6.45) is -9.19. The molecule has 1 N–H and O–H groups in total. The maximum absolute atomic E-state index is 13.1. The lowest BCUT2D eigenvalue weighted by atomic mass is 9.96. The van der Waals surface area contributed by atoms with Crippen molar-refractivity contribution in [2.24, 2.45) is 5.92 Å². The Kier molecular flexibility index (Phi) is 6.36. The number of fused-ring (bicyclic) bond motifs is 1. The molecule has 182 valence electrons. The van der Waals surface area contributed by atoms with Crippen molar-refractivity contribution < 1.29 is 35.9 Å². The number of carbonyl (C=O) groups excluding carboxylic acids is 1. The van der Waals surface area contributed by atoms with Crippen LogP contribution in [0.2, 0.25) is 0 Å². The molecule has 2 heterocycles. The molecule has 12 heteroatoms. The zero-order valence-corrected chi connectivity index (χ0v) is 18.6. The third-order valence-corrected chi connectivity index (χ3v) is 6.65. The van der Waals surface area contributed by atoms with E-state index in [2.05, 4.69) is 10.3 Å². The van der Waals surface area contributed by atoms with Crippen LogP contribution in [0.1, 0.15) is 24.0 Å². The van der Waals surface area contributed by atoms with E-state index in [4.69, 9.17) is 4.74 Å². The second kappa shape index (κ2) is 8.97. The summed E-state index contributed by atoms with van der Waals surface area (Å²) in [6.45, 7) is 0.955. The number of ether oxygens (including phenoxy) is 1. The molecule has 1 aliphatic rings. The van der Waals surface area contributed by atoms with Gasteiger partial charge in [0.1, 0.15) is 5.75 Å². The van der Waals surface area contributed by atoms with Crippen LogP contribution in [0.4, 0.5) is 37.2 Å². The zero-order chi connectivity index (χ0) is 24.7. The minimum atomic E-state index is -4.98. The first-order valence-corrected chi connectivity index (χ1v) is 11.1. The number of alkyl halides is 6. The molecule has 4 rings (SSSR count). The van der Waals surface area contributed by atoms with Gasteiger partial charge in [-0.2, -0.15) is 26.3 Å². The van der Waals surface area contributed by atoms with Crippen molar-refractivity contribution in [2.75, 3.05) is 30.4 Å². The van der Waals surface area contributed by atoms with Gasteiger partial charge in [-0.15, -0.1) is 0 Å². The van der Waals surface area contributed by atoms with Crippen LogP contribution >= 0.6 is 11.3 Å². The van der Waals surface area contributed by atoms with Crippen molar-refractivity contribution in [3.63, 3.8) is 0 Å². The fourth-order valence-corrected chi connectivity index (χ4v) is 4.81. The Morgan fingerprint density at radius 2 is 1.65 bits per heavy atom. The van der Waals surface area contributed by atoms with Gasteiger partial charge < -0.3 is 15.0 Å². The minimum absolute atomic E-state index is 0.0295. The number of thiazole rings is 1. The lowest BCUT2D eigenvalue weighted by molar-refractivity contribution is -0.143. The Bertz CT molecular complexity index is 1170.